The molecule has 1 rings (SSSR count). The Kier molecular flexibility index (Phi) is 5.25. The molecule has 0 atom stereocenters. The van der Waals surface area contributed by atoms with Gasteiger partial charge in [0.25, 0.3) is 5.69 Å². The van der Waals surface area contributed by atoms with E-state index in [2.05, 4.69) is 10.0 Å². The van der Waals surface area contributed by atoms with Gasteiger partial charge in [-0.2, -0.15) is 0 Å². The Hall–Kier alpha value is -1.67. The van der Waals surface area contributed by atoms with E-state index in [1.807, 2.05) is 6.92 Å². The third kappa shape index (κ3) is 3.90. The molecule has 0 aliphatic rings. The van der Waals surface area contributed by atoms with Crippen LogP contribution in [0.4, 0.5) is 11.4 Å². The van der Waals surface area contributed by atoms with Crippen LogP contribution in [0, 0.1) is 10.1 Å². The molecule has 1 aromatic rings. The highest BCUT2D eigenvalue weighted by atomic mass is 32.2. The summed E-state index contributed by atoms with van der Waals surface area (Å²) in [6, 6.07) is 3.81. The third-order valence-corrected chi connectivity index (χ3v) is 4.00. The molecule has 0 spiro atoms. The summed E-state index contributed by atoms with van der Waals surface area (Å²) < 4.78 is 25.3. The fourth-order valence-electron chi connectivity index (χ4n) is 1.50. The van der Waals surface area contributed by atoms with Crippen LogP contribution in [-0.2, 0) is 10.0 Å². The third-order valence-electron chi connectivity index (χ3n) is 2.59. The lowest BCUT2D eigenvalue weighted by molar-refractivity contribution is -0.384. The van der Waals surface area contributed by atoms with Crippen molar-refractivity contribution in [2.75, 3.05) is 18.9 Å². The lowest BCUT2D eigenvalue weighted by Gasteiger charge is -2.08. The van der Waals surface area contributed by atoms with E-state index < -0.39 is 14.9 Å². The van der Waals surface area contributed by atoms with Gasteiger partial charge in [-0.25, -0.2) is 13.1 Å². The molecule has 0 bridgehead atoms. The van der Waals surface area contributed by atoms with Crippen molar-refractivity contribution in [1.82, 2.24) is 4.72 Å². The number of hydrogen-bond donors (Lipinski definition) is 2. The quantitative estimate of drug-likeness (QED) is 0.451. The zero-order valence-corrected chi connectivity index (χ0v) is 11.7. The molecule has 106 valence electrons. The number of nitro groups is 1. The highest BCUT2D eigenvalue weighted by Gasteiger charge is 2.19. The number of nitro benzene ring substituents is 1. The maximum Gasteiger partial charge on any atom is 0.293 e. The van der Waals surface area contributed by atoms with Crippen LogP contribution in [0.2, 0.25) is 0 Å². The van der Waals surface area contributed by atoms with Crippen molar-refractivity contribution >= 4 is 21.4 Å². The van der Waals surface area contributed by atoms with Gasteiger partial charge in [-0.3, -0.25) is 10.1 Å². The zero-order chi connectivity index (χ0) is 14.5. The Morgan fingerprint density at radius 3 is 2.58 bits per heavy atom. The molecule has 0 aliphatic heterocycles. The average Bonchev–Trinajstić information content (AvgIpc) is 2.39. The van der Waals surface area contributed by atoms with Crippen molar-refractivity contribution in [3.8, 4) is 0 Å². The summed E-state index contributed by atoms with van der Waals surface area (Å²) >= 11 is 0. The normalized spacial score (nSPS) is 11.3. The van der Waals surface area contributed by atoms with Crippen molar-refractivity contribution < 1.29 is 13.3 Å². The highest BCUT2D eigenvalue weighted by Crippen LogP contribution is 2.27. The number of hydrogen-bond acceptors (Lipinski definition) is 5. The molecule has 0 saturated heterocycles. The molecular formula is C11H17N3O4S. The minimum absolute atomic E-state index is 0.122. The van der Waals surface area contributed by atoms with Crippen LogP contribution in [0.15, 0.2) is 23.1 Å². The van der Waals surface area contributed by atoms with E-state index >= 15 is 0 Å². The van der Waals surface area contributed by atoms with Gasteiger partial charge < -0.3 is 5.32 Å². The summed E-state index contributed by atoms with van der Waals surface area (Å²) in [5.41, 5.74) is 0.0842. The Morgan fingerprint density at radius 1 is 1.37 bits per heavy atom. The van der Waals surface area contributed by atoms with Crippen LogP contribution in [0.3, 0.4) is 0 Å². The molecule has 0 heterocycles. The molecule has 0 saturated carbocycles. The Morgan fingerprint density at radius 2 is 2.05 bits per heavy atom. The van der Waals surface area contributed by atoms with Crippen molar-refractivity contribution in [2.45, 2.75) is 24.7 Å². The summed E-state index contributed by atoms with van der Waals surface area (Å²) in [4.78, 5) is 10.3. The van der Waals surface area contributed by atoms with E-state index in [4.69, 9.17) is 0 Å². The van der Waals surface area contributed by atoms with Crippen molar-refractivity contribution in [2.24, 2.45) is 0 Å². The Labute approximate surface area is 112 Å². The topological polar surface area (TPSA) is 101 Å². The summed E-state index contributed by atoms with van der Waals surface area (Å²) in [5.74, 6) is 0. The van der Waals surface area contributed by atoms with E-state index in [1.54, 1.807) is 0 Å². The van der Waals surface area contributed by atoms with Crippen LogP contribution in [0.25, 0.3) is 0 Å². The number of anilines is 1. The van der Waals surface area contributed by atoms with E-state index in [-0.39, 0.29) is 10.6 Å². The van der Waals surface area contributed by atoms with Crippen LogP contribution in [0.1, 0.15) is 19.8 Å². The molecule has 1 aromatic carbocycles. The molecule has 0 aromatic heterocycles. The van der Waals surface area contributed by atoms with Gasteiger partial charge >= 0.3 is 0 Å². The van der Waals surface area contributed by atoms with Gasteiger partial charge in [-0.1, -0.05) is 13.3 Å². The van der Waals surface area contributed by atoms with Crippen molar-refractivity contribution in [3.05, 3.63) is 28.3 Å². The van der Waals surface area contributed by atoms with Crippen molar-refractivity contribution in [3.63, 3.8) is 0 Å². The molecule has 0 unspecified atom stereocenters. The SMILES string of the molecule is CCCCNc1ccc(S(=O)(=O)NC)cc1[N+](=O)[O-]. The molecule has 2 N–H and O–H groups in total. The van der Waals surface area contributed by atoms with Gasteiger partial charge in [-0.05, 0) is 25.6 Å². The number of nitrogens with one attached hydrogen (secondary N) is 2. The van der Waals surface area contributed by atoms with Crippen LogP contribution >= 0.6 is 0 Å². The maximum absolute atomic E-state index is 11.6. The predicted molar refractivity (Wildman–Crippen MR) is 72.7 cm³/mol. The first-order chi connectivity index (χ1) is 8.92. The zero-order valence-electron chi connectivity index (χ0n) is 10.8. The van der Waals surface area contributed by atoms with Gasteiger partial charge in [0.2, 0.25) is 10.0 Å². The lowest BCUT2D eigenvalue weighted by Crippen LogP contribution is -2.18. The minimum atomic E-state index is -3.68. The molecule has 0 fully saturated rings. The second kappa shape index (κ2) is 6.48. The second-order valence-electron chi connectivity index (χ2n) is 3.92. The average molecular weight is 287 g/mol. The molecule has 8 heteroatoms. The lowest BCUT2D eigenvalue weighted by atomic mass is 10.2. The Bertz CT molecular complexity index is 557. The summed E-state index contributed by atoms with van der Waals surface area (Å²) in [5, 5.41) is 13.9. The fraction of sp³-hybridized carbons (Fsp3) is 0.455. The molecule has 0 radical (unpaired) electrons. The summed E-state index contributed by atoms with van der Waals surface area (Å²) in [6.07, 6.45) is 1.85. The summed E-state index contributed by atoms with van der Waals surface area (Å²) in [7, 11) is -2.42. The van der Waals surface area contributed by atoms with E-state index in [1.165, 1.54) is 19.2 Å². The molecule has 19 heavy (non-hydrogen) atoms. The fourth-order valence-corrected chi connectivity index (χ4v) is 2.25. The van der Waals surface area contributed by atoms with Gasteiger partial charge in [0.15, 0.2) is 0 Å². The maximum atomic E-state index is 11.6. The largest absolute Gasteiger partial charge is 0.379 e. The second-order valence-corrected chi connectivity index (χ2v) is 5.81. The van der Waals surface area contributed by atoms with Crippen LogP contribution in [0.5, 0.6) is 0 Å². The number of nitrogens with zero attached hydrogens (tertiary/aromatic N) is 1. The van der Waals surface area contributed by atoms with Gasteiger partial charge in [0.05, 0.1) is 9.82 Å². The Balaban J connectivity index is 3.12. The monoisotopic (exact) mass is 287 g/mol. The summed E-state index contributed by atoms with van der Waals surface area (Å²) in [6.45, 7) is 2.62. The first-order valence-corrected chi connectivity index (χ1v) is 7.36. The number of unbranched alkanes of at least 4 members (excludes halogenated alkanes) is 1. The highest BCUT2D eigenvalue weighted by molar-refractivity contribution is 7.89. The van der Waals surface area contributed by atoms with Crippen molar-refractivity contribution in [1.29, 1.82) is 0 Å². The van der Waals surface area contributed by atoms with Gasteiger partial charge in [0, 0.05) is 12.6 Å². The standard InChI is InChI=1S/C11H17N3O4S/c1-3-4-7-13-10-6-5-9(19(17,18)12-2)8-11(10)14(15)16/h5-6,8,12-13H,3-4,7H2,1-2H3. The van der Waals surface area contributed by atoms with E-state index in [0.29, 0.717) is 12.2 Å². The first-order valence-electron chi connectivity index (χ1n) is 5.88. The number of rotatable bonds is 7. The van der Waals surface area contributed by atoms with Gasteiger partial charge in [0.1, 0.15) is 5.69 Å². The first kappa shape index (κ1) is 15.4. The number of sulfonamides is 1. The predicted octanol–water partition coefficient (Wildman–Crippen LogP) is 1.71. The van der Waals surface area contributed by atoms with E-state index in [9.17, 15) is 18.5 Å². The molecule has 7 nitrogen and oxygen atoms in total. The van der Waals surface area contributed by atoms with Crippen LogP contribution < -0.4 is 10.0 Å². The number of benzene rings is 1. The molecule has 0 aliphatic carbocycles. The molecular weight excluding hydrogens is 270 g/mol. The minimum Gasteiger partial charge on any atom is -0.379 e. The molecule has 0 amide bonds. The van der Waals surface area contributed by atoms with Crippen LogP contribution in [-0.4, -0.2) is 26.9 Å². The smallest absolute Gasteiger partial charge is 0.293 e. The van der Waals surface area contributed by atoms with Gasteiger partial charge in [-0.15, -0.1) is 0 Å². The van der Waals surface area contributed by atoms with E-state index in [0.717, 1.165) is 18.9 Å².